The quantitative estimate of drug-likeness (QED) is 0.794. The Morgan fingerprint density at radius 1 is 1.12 bits per heavy atom. The van der Waals surface area contributed by atoms with E-state index in [1.807, 2.05) is 23.2 Å². The summed E-state index contributed by atoms with van der Waals surface area (Å²) in [5.74, 6) is 1.11. The van der Waals surface area contributed by atoms with Gasteiger partial charge in [0.2, 0.25) is 5.91 Å². The van der Waals surface area contributed by atoms with Gasteiger partial charge < -0.3 is 14.8 Å². The van der Waals surface area contributed by atoms with Gasteiger partial charge in [-0.2, -0.15) is 0 Å². The van der Waals surface area contributed by atoms with E-state index in [0.29, 0.717) is 6.42 Å². The smallest absolute Gasteiger partial charge is 0.223 e. The second kappa shape index (κ2) is 6.93. The zero-order valence-corrected chi connectivity index (χ0v) is 14.1. The molecule has 0 aliphatic carbocycles. The number of carbonyl (C=O) groups excluding carboxylic acids is 1. The standard InChI is InChI=1S/C19H21N5O/c25-19(6-5-15-13-22-17-4-2-1-3-16(15)17)24-11-9-23(10-12-24)18-14-20-7-8-21-18/h1-4,7-8,13-14,22H,5-6,9-12H2. The Bertz CT molecular complexity index is 852. The summed E-state index contributed by atoms with van der Waals surface area (Å²) in [6.07, 6.45) is 8.49. The van der Waals surface area contributed by atoms with Crippen LogP contribution in [0.15, 0.2) is 49.1 Å². The number of hydrogen-bond donors (Lipinski definition) is 1. The number of nitrogens with zero attached hydrogens (tertiary/aromatic N) is 4. The van der Waals surface area contributed by atoms with Crippen LogP contribution in [0, 0.1) is 0 Å². The highest BCUT2D eigenvalue weighted by Gasteiger charge is 2.21. The van der Waals surface area contributed by atoms with Crippen molar-refractivity contribution in [2.45, 2.75) is 12.8 Å². The number of fused-ring (bicyclic) bond motifs is 1. The molecule has 2 aromatic heterocycles. The molecule has 1 fully saturated rings. The fourth-order valence-corrected chi connectivity index (χ4v) is 3.38. The zero-order valence-electron chi connectivity index (χ0n) is 14.1. The van der Waals surface area contributed by atoms with E-state index < -0.39 is 0 Å². The molecular weight excluding hydrogens is 314 g/mol. The lowest BCUT2D eigenvalue weighted by molar-refractivity contribution is -0.131. The number of aromatic nitrogens is 3. The minimum absolute atomic E-state index is 0.226. The normalized spacial score (nSPS) is 14.9. The molecule has 0 spiro atoms. The van der Waals surface area contributed by atoms with Gasteiger partial charge in [-0.15, -0.1) is 0 Å². The molecule has 0 radical (unpaired) electrons. The van der Waals surface area contributed by atoms with Gasteiger partial charge in [-0.25, -0.2) is 4.98 Å². The Morgan fingerprint density at radius 3 is 2.76 bits per heavy atom. The van der Waals surface area contributed by atoms with Crippen LogP contribution in [0.5, 0.6) is 0 Å². The van der Waals surface area contributed by atoms with E-state index in [-0.39, 0.29) is 5.91 Å². The average molecular weight is 335 g/mol. The van der Waals surface area contributed by atoms with Gasteiger partial charge >= 0.3 is 0 Å². The van der Waals surface area contributed by atoms with Crippen molar-refractivity contribution in [3.8, 4) is 0 Å². The van der Waals surface area contributed by atoms with E-state index in [2.05, 4.69) is 32.0 Å². The van der Waals surface area contributed by atoms with Crippen LogP contribution in [0.1, 0.15) is 12.0 Å². The summed E-state index contributed by atoms with van der Waals surface area (Å²) in [4.78, 5) is 28.4. The number of aromatic amines is 1. The second-order valence-corrected chi connectivity index (χ2v) is 6.29. The summed E-state index contributed by atoms with van der Waals surface area (Å²) in [5.41, 5.74) is 2.34. The maximum absolute atomic E-state index is 12.5. The SMILES string of the molecule is O=C(CCc1c[nH]c2ccccc12)N1CCN(c2cnccn2)CC1. The monoisotopic (exact) mass is 335 g/mol. The van der Waals surface area contributed by atoms with Gasteiger partial charge in [0, 0.05) is 62.1 Å². The van der Waals surface area contributed by atoms with Gasteiger partial charge in [-0.3, -0.25) is 9.78 Å². The number of aryl methyl sites for hydroxylation is 1. The number of piperazine rings is 1. The highest BCUT2D eigenvalue weighted by molar-refractivity contribution is 5.84. The fourth-order valence-electron chi connectivity index (χ4n) is 3.38. The minimum atomic E-state index is 0.226. The molecule has 1 amide bonds. The van der Waals surface area contributed by atoms with Crippen LogP contribution in [0.25, 0.3) is 10.9 Å². The third-order valence-corrected chi connectivity index (χ3v) is 4.79. The number of benzene rings is 1. The largest absolute Gasteiger partial charge is 0.361 e. The number of anilines is 1. The molecule has 0 unspecified atom stereocenters. The van der Waals surface area contributed by atoms with Crippen molar-refractivity contribution < 1.29 is 4.79 Å². The molecule has 0 saturated carbocycles. The van der Waals surface area contributed by atoms with E-state index in [4.69, 9.17) is 0 Å². The number of para-hydroxylation sites is 1. The molecule has 1 aliphatic heterocycles. The number of rotatable bonds is 4. The summed E-state index contributed by atoms with van der Waals surface area (Å²) < 4.78 is 0. The van der Waals surface area contributed by atoms with Crippen molar-refractivity contribution in [3.63, 3.8) is 0 Å². The van der Waals surface area contributed by atoms with Crippen LogP contribution in [-0.2, 0) is 11.2 Å². The van der Waals surface area contributed by atoms with Crippen LogP contribution >= 0.6 is 0 Å². The van der Waals surface area contributed by atoms with Gasteiger partial charge in [0.15, 0.2) is 0 Å². The summed E-state index contributed by atoms with van der Waals surface area (Å²) in [6.45, 7) is 3.08. The molecule has 25 heavy (non-hydrogen) atoms. The molecule has 0 atom stereocenters. The lowest BCUT2D eigenvalue weighted by atomic mass is 10.1. The third-order valence-electron chi connectivity index (χ3n) is 4.79. The van der Waals surface area contributed by atoms with Crippen molar-refractivity contribution in [1.82, 2.24) is 19.9 Å². The topological polar surface area (TPSA) is 65.1 Å². The second-order valence-electron chi connectivity index (χ2n) is 6.29. The molecule has 3 aromatic rings. The molecule has 1 saturated heterocycles. The molecule has 1 aromatic carbocycles. The van der Waals surface area contributed by atoms with Gasteiger partial charge in [0.1, 0.15) is 5.82 Å². The molecule has 6 nitrogen and oxygen atoms in total. The van der Waals surface area contributed by atoms with Crippen LogP contribution in [0.3, 0.4) is 0 Å². The molecule has 0 bridgehead atoms. The summed E-state index contributed by atoms with van der Waals surface area (Å²) >= 11 is 0. The van der Waals surface area contributed by atoms with Crippen LogP contribution in [0.4, 0.5) is 5.82 Å². The fraction of sp³-hybridized carbons (Fsp3) is 0.316. The number of carbonyl (C=O) groups is 1. The summed E-state index contributed by atoms with van der Waals surface area (Å²) in [5, 5.41) is 1.21. The van der Waals surface area contributed by atoms with Gasteiger partial charge in [-0.1, -0.05) is 18.2 Å². The first kappa shape index (κ1) is 15.6. The number of hydrogen-bond acceptors (Lipinski definition) is 4. The highest BCUT2D eigenvalue weighted by atomic mass is 16.2. The first-order chi connectivity index (χ1) is 12.3. The zero-order chi connectivity index (χ0) is 17.1. The van der Waals surface area contributed by atoms with Crippen molar-refractivity contribution in [1.29, 1.82) is 0 Å². The molecule has 3 heterocycles. The van der Waals surface area contributed by atoms with Crippen LogP contribution in [-0.4, -0.2) is 51.9 Å². The van der Waals surface area contributed by atoms with Gasteiger partial charge in [0.05, 0.1) is 6.20 Å². The lowest BCUT2D eigenvalue weighted by Gasteiger charge is -2.35. The van der Waals surface area contributed by atoms with Crippen molar-refractivity contribution >= 4 is 22.6 Å². The van der Waals surface area contributed by atoms with E-state index in [9.17, 15) is 4.79 Å². The maximum Gasteiger partial charge on any atom is 0.223 e. The molecule has 4 rings (SSSR count). The predicted octanol–water partition coefficient (Wildman–Crippen LogP) is 2.24. The number of amides is 1. The third kappa shape index (κ3) is 3.33. The first-order valence-electron chi connectivity index (χ1n) is 8.65. The van der Waals surface area contributed by atoms with Crippen LogP contribution < -0.4 is 4.90 Å². The van der Waals surface area contributed by atoms with E-state index in [1.54, 1.807) is 18.6 Å². The average Bonchev–Trinajstić information content (AvgIpc) is 3.10. The summed E-state index contributed by atoms with van der Waals surface area (Å²) in [7, 11) is 0. The van der Waals surface area contributed by atoms with Crippen LogP contribution in [0.2, 0.25) is 0 Å². The van der Waals surface area contributed by atoms with E-state index >= 15 is 0 Å². The Hall–Kier alpha value is -2.89. The predicted molar refractivity (Wildman–Crippen MR) is 97.4 cm³/mol. The molecule has 1 aliphatic rings. The Kier molecular flexibility index (Phi) is 4.33. The molecule has 6 heteroatoms. The van der Waals surface area contributed by atoms with Crippen molar-refractivity contribution in [3.05, 3.63) is 54.6 Å². The first-order valence-corrected chi connectivity index (χ1v) is 8.65. The van der Waals surface area contributed by atoms with E-state index in [0.717, 1.165) is 43.9 Å². The number of H-pyrrole nitrogens is 1. The maximum atomic E-state index is 12.5. The highest BCUT2D eigenvalue weighted by Crippen LogP contribution is 2.19. The van der Waals surface area contributed by atoms with Crippen molar-refractivity contribution in [2.24, 2.45) is 0 Å². The number of nitrogens with one attached hydrogen (secondary N) is 1. The van der Waals surface area contributed by atoms with Gasteiger partial charge in [-0.05, 0) is 18.1 Å². The van der Waals surface area contributed by atoms with Crippen molar-refractivity contribution in [2.75, 3.05) is 31.1 Å². The Balaban J connectivity index is 1.32. The Morgan fingerprint density at radius 2 is 1.96 bits per heavy atom. The minimum Gasteiger partial charge on any atom is -0.361 e. The Labute approximate surface area is 146 Å². The molecule has 128 valence electrons. The lowest BCUT2D eigenvalue weighted by Crippen LogP contribution is -2.49. The molecule has 1 N–H and O–H groups in total. The molecular formula is C19H21N5O. The van der Waals surface area contributed by atoms with Gasteiger partial charge in [0.25, 0.3) is 0 Å². The summed E-state index contributed by atoms with van der Waals surface area (Å²) in [6, 6.07) is 8.22. The van der Waals surface area contributed by atoms with E-state index in [1.165, 1.54) is 10.9 Å².